The fourth-order valence-corrected chi connectivity index (χ4v) is 2.83. The molecule has 0 bridgehead atoms. The van der Waals surface area contributed by atoms with Crippen LogP contribution in [0.5, 0.6) is 0 Å². The van der Waals surface area contributed by atoms with Crippen LogP contribution >= 0.6 is 23.8 Å². The van der Waals surface area contributed by atoms with Crippen LogP contribution in [0.15, 0.2) is 18.2 Å². The van der Waals surface area contributed by atoms with Crippen LogP contribution < -0.4 is 10.6 Å². The summed E-state index contributed by atoms with van der Waals surface area (Å²) in [7, 11) is 2.15. The van der Waals surface area contributed by atoms with Crippen molar-refractivity contribution >= 4 is 34.5 Å². The van der Waals surface area contributed by atoms with Gasteiger partial charge in [-0.1, -0.05) is 29.9 Å². The molecule has 0 saturated carbocycles. The van der Waals surface area contributed by atoms with E-state index in [1.54, 1.807) is 0 Å². The summed E-state index contributed by atoms with van der Waals surface area (Å²) in [6.07, 6.45) is 0. The zero-order chi connectivity index (χ0) is 13.3. The molecule has 2 N–H and O–H groups in total. The predicted molar refractivity (Wildman–Crippen MR) is 81.6 cm³/mol. The minimum atomic E-state index is 0.363. The number of anilines is 1. The summed E-state index contributed by atoms with van der Waals surface area (Å²) in [5.74, 6) is 0. The molecule has 1 aliphatic heterocycles. The van der Waals surface area contributed by atoms with Gasteiger partial charge in [0.25, 0.3) is 0 Å². The third-order valence-corrected chi connectivity index (χ3v) is 4.06. The molecule has 1 unspecified atom stereocenters. The lowest BCUT2D eigenvalue weighted by atomic mass is 10.1. The molecule has 5 heteroatoms. The number of likely N-dealkylation sites (N-methyl/N-ethyl adjacent to an activating group) is 1. The number of benzene rings is 1. The molecule has 0 radical (unpaired) electrons. The van der Waals surface area contributed by atoms with Crippen molar-refractivity contribution in [3.05, 3.63) is 28.8 Å². The van der Waals surface area contributed by atoms with E-state index in [4.69, 9.17) is 29.6 Å². The predicted octanol–water partition coefficient (Wildman–Crippen LogP) is 2.11. The van der Waals surface area contributed by atoms with Gasteiger partial charge in [0.1, 0.15) is 4.99 Å². The maximum atomic E-state index is 6.20. The van der Waals surface area contributed by atoms with Crippen LogP contribution in [0.1, 0.15) is 12.5 Å². The van der Waals surface area contributed by atoms with Crippen LogP contribution in [-0.4, -0.2) is 42.6 Å². The van der Waals surface area contributed by atoms with Crippen LogP contribution in [0.4, 0.5) is 5.69 Å². The van der Waals surface area contributed by atoms with E-state index in [1.165, 1.54) is 0 Å². The Balaban J connectivity index is 2.34. The van der Waals surface area contributed by atoms with Crippen LogP contribution in [0.25, 0.3) is 0 Å². The Hall–Kier alpha value is -0.840. The van der Waals surface area contributed by atoms with E-state index in [1.807, 2.05) is 18.2 Å². The van der Waals surface area contributed by atoms with E-state index in [2.05, 4.69) is 23.8 Å². The van der Waals surface area contributed by atoms with Crippen molar-refractivity contribution in [1.29, 1.82) is 0 Å². The summed E-state index contributed by atoms with van der Waals surface area (Å²) in [4.78, 5) is 5.02. The summed E-state index contributed by atoms with van der Waals surface area (Å²) >= 11 is 11.3. The smallest absolute Gasteiger partial charge is 0.107 e. The Kier molecular flexibility index (Phi) is 4.10. The van der Waals surface area contributed by atoms with Gasteiger partial charge in [-0.05, 0) is 26.1 Å². The lowest BCUT2D eigenvalue weighted by Gasteiger charge is -2.39. The Bertz CT molecular complexity index is 464. The molecule has 0 aliphatic carbocycles. The van der Waals surface area contributed by atoms with Crippen LogP contribution in [-0.2, 0) is 0 Å². The van der Waals surface area contributed by atoms with Gasteiger partial charge >= 0.3 is 0 Å². The number of nitrogens with two attached hydrogens (primary N) is 1. The van der Waals surface area contributed by atoms with E-state index < -0.39 is 0 Å². The maximum absolute atomic E-state index is 6.20. The highest BCUT2D eigenvalue weighted by molar-refractivity contribution is 7.80. The van der Waals surface area contributed by atoms with E-state index in [0.29, 0.717) is 16.1 Å². The van der Waals surface area contributed by atoms with Gasteiger partial charge in [-0.15, -0.1) is 0 Å². The molecule has 0 aromatic heterocycles. The minimum Gasteiger partial charge on any atom is -0.389 e. The second-order valence-electron chi connectivity index (χ2n) is 4.77. The van der Waals surface area contributed by atoms with Crippen molar-refractivity contribution in [2.24, 2.45) is 5.73 Å². The molecule has 2 rings (SSSR count). The lowest BCUT2D eigenvalue weighted by Crippen LogP contribution is -2.50. The first-order valence-corrected chi connectivity index (χ1v) is 6.83. The molecule has 1 atom stereocenters. The molecule has 1 aliphatic rings. The van der Waals surface area contributed by atoms with E-state index in [-0.39, 0.29) is 0 Å². The van der Waals surface area contributed by atoms with E-state index >= 15 is 0 Å². The van der Waals surface area contributed by atoms with Crippen LogP contribution in [0.3, 0.4) is 0 Å². The first kappa shape index (κ1) is 13.6. The van der Waals surface area contributed by atoms with Gasteiger partial charge < -0.3 is 15.5 Å². The van der Waals surface area contributed by atoms with Gasteiger partial charge in [-0.2, -0.15) is 0 Å². The zero-order valence-corrected chi connectivity index (χ0v) is 12.3. The number of hydrogen-bond donors (Lipinski definition) is 1. The fraction of sp³-hybridized carbons (Fsp3) is 0.462. The normalized spacial score (nSPS) is 21.1. The van der Waals surface area contributed by atoms with Gasteiger partial charge in [0.05, 0.1) is 10.6 Å². The third kappa shape index (κ3) is 2.60. The Morgan fingerprint density at radius 3 is 2.78 bits per heavy atom. The highest BCUT2D eigenvalue weighted by Gasteiger charge is 2.23. The molecule has 1 saturated heterocycles. The monoisotopic (exact) mass is 283 g/mol. The topological polar surface area (TPSA) is 32.5 Å². The van der Waals surface area contributed by atoms with Crippen molar-refractivity contribution in [2.75, 3.05) is 31.6 Å². The lowest BCUT2D eigenvalue weighted by molar-refractivity contribution is 0.234. The van der Waals surface area contributed by atoms with Crippen molar-refractivity contribution in [3.63, 3.8) is 0 Å². The van der Waals surface area contributed by atoms with Crippen LogP contribution in [0.2, 0.25) is 5.02 Å². The Labute approximate surface area is 119 Å². The average Bonchev–Trinajstić information content (AvgIpc) is 2.32. The van der Waals surface area contributed by atoms with E-state index in [9.17, 15) is 0 Å². The molecule has 1 aromatic carbocycles. The molecular formula is C13H18ClN3S. The number of nitrogens with zero attached hydrogens (tertiary/aromatic N) is 2. The largest absolute Gasteiger partial charge is 0.389 e. The van der Waals surface area contributed by atoms with Gasteiger partial charge in [-0.25, -0.2) is 0 Å². The van der Waals surface area contributed by atoms with Gasteiger partial charge in [0.2, 0.25) is 0 Å². The molecule has 1 fully saturated rings. The van der Waals surface area contributed by atoms with Gasteiger partial charge in [0, 0.05) is 31.4 Å². The molecule has 1 aromatic rings. The third-order valence-electron chi connectivity index (χ3n) is 3.54. The van der Waals surface area contributed by atoms with Crippen molar-refractivity contribution in [2.45, 2.75) is 13.0 Å². The second kappa shape index (κ2) is 5.43. The number of halogens is 1. The average molecular weight is 284 g/mol. The molecule has 1 heterocycles. The summed E-state index contributed by atoms with van der Waals surface area (Å²) in [6.45, 7) is 5.19. The second-order valence-corrected chi connectivity index (χ2v) is 5.62. The van der Waals surface area contributed by atoms with Gasteiger partial charge in [0.15, 0.2) is 0 Å². The number of hydrogen-bond acceptors (Lipinski definition) is 3. The first-order valence-electron chi connectivity index (χ1n) is 6.04. The first-order chi connectivity index (χ1) is 8.50. The number of piperazine rings is 1. The van der Waals surface area contributed by atoms with Crippen LogP contribution in [0, 0.1) is 0 Å². The van der Waals surface area contributed by atoms with Gasteiger partial charge in [-0.3, -0.25) is 0 Å². The SMILES string of the molecule is CC1CN(c2cccc(Cl)c2C(N)=S)CCN1C. The Morgan fingerprint density at radius 1 is 1.44 bits per heavy atom. The molecule has 0 amide bonds. The molecule has 0 spiro atoms. The zero-order valence-electron chi connectivity index (χ0n) is 10.7. The minimum absolute atomic E-state index is 0.363. The summed E-state index contributed by atoms with van der Waals surface area (Å²) in [5, 5.41) is 0.631. The maximum Gasteiger partial charge on any atom is 0.107 e. The molecule has 98 valence electrons. The standard InChI is InChI=1S/C13H18ClN3S/c1-9-8-17(7-6-16(9)2)11-5-3-4-10(14)12(11)13(15)18/h3-5,9H,6-8H2,1-2H3,(H2,15,18). The summed E-state index contributed by atoms with van der Waals surface area (Å²) in [5.41, 5.74) is 7.64. The van der Waals surface area contributed by atoms with Crippen molar-refractivity contribution in [3.8, 4) is 0 Å². The summed E-state index contributed by atoms with van der Waals surface area (Å²) in [6, 6.07) is 6.33. The van der Waals surface area contributed by atoms with E-state index in [0.717, 1.165) is 30.9 Å². The van der Waals surface area contributed by atoms with Crippen molar-refractivity contribution < 1.29 is 0 Å². The highest BCUT2D eigenvalue weighted by Crippen LogP contribution is 2.28. The molecule has 18 heavy (non-hydrogen) atoms. The quantitative estimate of drug-likeness (QED) is 0.843. The van der Waals surface area contributed by atoms with Crippen molar-refractivity contribution in [1.82, 2.24) is 4.90 Å². The molecular weight excluding hydrogens is 266 g/mol. The number of thiocarbonyl (C=S) groups is 1. The summed E-state index contributed by atoms with van der Waals surface area (Å²) < 4.78 is 0. The fourth-order valence-electron chi connectivity index (χ4n) is 2.29. The highest BCUT2D eigenvalue weighted by atomic mass is 35.5. The Morgan fingerprint density at radius 2 is 2.17 bits per heavy atom. The number of rotatable bonds is 2. The molecule has 3 nitrogen and oxygen atoms in total.